The Labute approximate surface area is 101 Å². The van der Waals surface area contributed by atoms with E-state index in [1.54, 1.807) is 0 Å². The summed E-state index contributed by atoms with van der Waals surface area (Å²) in [6.45, 7) is 1.53. The molecule has 0 N–H and O–H groups in total. The molecular weight excluding hydrogens is 258 g/mol. The molecule has 6 heteroatoms. The van der Waals surface area contributed by atoms with Gasteiger partial charge in [0.25, 0.3) is 0 Å². The lowest BCUT2D eigenvalue weighted by molar-refractivity contribution is -0.137. The maximum absolute atomic E-state index is 13.1. The number of halogens is 3. The molecule has 0 aliphatic rings. The first-order chi connectivity index (χ1) is 7.45. The Hall–Kier alpha value is -1.13. The van der Waals surface area contributed by atoms with Crippen molar-refractivity contribution in [3.05, 3.63) is 33.6 Å². The lowest BCUT2D eigenvalue weighted by Crippen LogP contribution is -2.12. The van der Waals surface area contributed by atoms with Crippen LogP contribution in [0.5, 0.6) is 0 Å². The normalized spacial score (nSPS) is 10.0. The first kappa shape index (κ1) is 12.9. The zero-order chi connectivity index (χ0) is 12.3. The van der Waals surface area contributed by atoms with Crippen molar-refractivity contribution < 1.29 is 18.7 Å². The molecule has 0 unspecified atom stereocenters. The Kier molecular flexibility index (Phi) is 4.26. The van der Waals surface area contributed by atoms with Crippen molar-refractivity contribution in [2.75, 3.05) is 0 Å². The van der Waals surface area contributed by atoms with Crippen molar-refractivity contribution in [1.82, 2.24) is 0 Å². The smallest absolute Gasteiger partial charge is 0.347 e. The van der Waals surface area contributed by atoms with Gasteiger partial charge in [-0.3, -0.25) is 4.79 Å². The van der Waals surface area contributed by atoms with Crippen LogP contribution in [-0.4, -0.2) is 11.9 Å². The molecule has 0 aliphatic carbocycles. The Morgan fingerprint density at radius 1 is 1.31 bits per heavy atom. The zero-order valence-electron chi connectivity index (χ0n) is 8.22. The van der Waals surface area contributed by atoms with Gasteiger partial charge in [0, 0.05) is 6.42 Å². The van der Waals surface area contributed by atoms with Gasteiger partial charge in [-0.1, -0.05) is 30.1 Å². The van der Waals surface area contributed by atoms with E-state index >= 15 is 0 Å². The van der Waals surface area contributed by atoms with Gasteiger partial charge in [0.1, 0.15) is 5.82 Å². The molecule has 1 aromatic carbocycles. The Bertz CT molecular complexity index is 446. The van der Waals surface area contributed by atoms with Gasteiger partial charge in [-0.2, -0.15) is 0 Å². The highest BCUT2D eigenvalue weighted by molar-refractivity contribution is 6.36. The van der Waals surface area contributed by atoms with Crippen molar-refractivity contribution in [3.63, 3.8) is 0 Å². The third-order valence-corrected chi connectivity index (χ3v) is 2.33. The summed E-state index contributed by atoms with van der Waals surface area (Å²) < 4.78 is 17.4. The number of rotatable bonds is 2. The number of carbonyl (C=O) groups excluding carboxylic acids is 2. The molecule has 1 rings (SSSR count). The summed E-state index contributed by atoms with van der Waals surface area (Å²) in [6, 6.07) is 1.90. The lowest BCUT2D eigenvalue weighted by atomic mass is 10.2. The fraction of sp³-hybridized carbons (Fsp3) is 0.200. The van der Waals surface area contributed by atoms with E-state index in [0.717, 1.165) is 12.1 Å². The van der Waals surface area contributed by atoms with Gasteiger partial charge in [-0.25, -0.2) is 9.18 Å². The van der Waals surface area contributed by atoms with E-state index in [0.29, 0.717) is 0 Å². The molecule has 0 atom stereocenters. The maximum Gasteiger partial charge on any atom is 0.347 e. The zero-order valence-corrected chi connectivity index (χ0v) is 9.73. The van der Waals surface area contributed by atoms with Gasteiger partial charge in [0.15, 0.2) is 0 Å². The predicted molar refractivity (Wildman–Crippen MR) is 57.1 cm³/mol. The highest BCUT2D eigenvalue weighted by atomic mass is 35.5. The number of benzene rings is 1. The van der Waals surface area contributed by atoms with Gasteiger partial charge in [-0.05, 0) is 12.1 Å². The minimum Gasteiger partial charge on any atom is -0.389 e. The van der Waals surface area contributed by atoms with Crippen LogP contribution < -0.4 is 0 Å². The van der Waals surface area contributed by atoms with Crippen LogP contribution in [0.15, 0.2) is 12.1 Å². The molecule has 3 nitrogen and oxygen atoms in total. The van der Waals surface area contributed by atoms with Crippen LogP contribution >= 0.6 is 23.2 Å². The summed E-state index contributed by atoms with van der Waals surface area (Å²) in [5.41, 5.74) is -0.231. The third-order valence-electron chi connectivity index (χ3n) is 1.73. The average Bonchev–Trinajstić information content (AvgIpc) is 2.23. The second-order valence-corrected chi connectivity index (χ2v) is 3.68. The van der Waals surface area contributed by atoms with Crippen LogP contribution in [0.25, 0.3) is 0 Å². The summed E-state index contributed by atoms with van der Waals surface area (Å²) in [4.78, 5) is 22.2. The highest BCUT2D eigenvalue weighted by Gasteiger charge is 2.17. The Morgan fingerprint density at radius 3 is 2.50 bits per heavy atom. The molecule has 0 saturated heterocycles. The van der Waals surface area contributed by atoms with E-state index in [1.165, 1.54) is 6.92 Å². The second kappa shape index (κ2) is 5.27. The van der Waals surface area contributed by atoms with Gasteiger partial charge in [0.2, 0.25) is 0 Å². The molecule has 0 fully saturated rings. The SMILES string of the molecule is CCC(=O)OC(=O)c1cc(F)c(Cl)cc1Cl. The van der Waals surface area contributed by atoms with Crippen molar-refractivity contribution in [2.24, 2.45) is 0 Å². The first-order valence-electron chi connectivity index (χ1n) is 4.35. The van der Waals surface area contributed by atoms with Crippen molar-refractivity contribution >= 4 is 35.1 Å². The molecule has 86 valence electrons. The first-order valence-corrected chi connectivity index (χ1v) is 5.10. The third kappa shape index (κ3) is 2.93. The van der Waals surface area contributed by atoms with E-state index in [4.69, 9.17) is 23.2 Å². The summed E-state index contributed by atoms with van der Waals surface area (Å²) in [7, 11) is 0. The summed E-state index contributed by atoms with van der Waals surface area (Å²) >= 11 is 11.1. The van der Waals surface area contributed by atoms with Gasteiger partial charge < -0.3 is 4.74 Å². The largest absolute Gasteiger partial charge is 0.389 e. The van der Waals surface area contributed by atoms with E-state index in [1.807, 2.05) is 0 Å². The predicted octanol–water partition coefficient (Wildman–Crippen LogP) is 3.23. The Balaban J connectivity index is 3.00. The average molecular weight is 265 g/mol. The summed E-state index contributed by atoms with van der Waals surface area (Å²) in [6.07, 6.45) is 0.0411. The van der Waals surface area contributed by atoms with E-state index < -0.39 is 17.8 Å². The number of hydrogen-bond acceptors (Lipinski definition) is 3. The van der Waals surface area contributed by atoms with Crippen LogP contribution in [0.3, 0.4) is 0 Å². The van der Waals surface area contributed by atoms with Gasteiger partial charge in [0.05, 0.1) is 15.6 Å². The standard InChI is InChI=1S/C10H7Cl2FO3/c1-2-9(14)16-10(15)5-3-8(13)7(12)4-6(5)11/h3-4H,2H2,1H3. The number of carbonyl (C=O) groups is 2. The van der Waals surface area contributed by atoms with E-state index in [9.17, 15) is 14.0 Å². The fourth-order valence-corrected chi connectivity index (χ4v) is 1.37. The number of ether oxygens (including phenoxy) is 1. The molecule has 0 amide bonds. The quantitative estimate of drug-likeness (QED) is 0.468. The minimum absolute atomic E-state index is 0.0411. The number of esters is 2. The van der Waals surface area contributed by atoms with Gasteiger partial charge >= 0.3 is 11.9 Å². The lowest BCUT2D eigenvalue weighted by Gasteiger charge is -2.04. The molecule has 0 radical (unpaired) electrons. The van der Waals surface area contributed by atoms with Crippen LogP contribution in [0, 0.1) is 5.82 Å². The minimum atomic E-state index is -0.993. The second-order valence-electron chi connectivity index (χ2n) is 2.86. The molecule has 0 saturated carbocycles. The summed E-state index contributed by atoms with van der Waals surface area (Å²) in [5.74, 6) is -2.51. The molecule has 0 heterocycles. The molecule has 0 aromatic heterocycles. The molecular formula is C10H7Cl2FO3. The van der Waals surface area contributed by atoms with Crippen LogP contribution in [0.1, 0.15) is 23.7 Å². The maximum atomic E-state index is 13.1. The molecule has 16 heavy (non-hydrogen) atoms. The molecule has 1 aromatic rings. The van der Waals surface area contributed by atoms with Gasteiger partial charge in [-0.15, -0.1) is 0 Å². The topological polar surface area (TPSA) is 43.4 Å². The highest BCUT2D eigenvalue weighted by Crippen LogP contribution is 2.24. The summed E-state index contributed by atoms with van der Waals surface area (Å²) in [5, 5.41) is -0.274. The molecule has 0 bridgehead atoms. The Morgan fingerprint density at radius 2 is 1.94 bits per heavy atom. The van der Waals surface area contributed by atoms with Crippen LogP contribution in [0.4, 0.5) is 4.39 Å². The van der Waals surface area contributed by atoms with Crippen LogP contribution in [-0.2, 0) is 9.53 Å². The molecule has 0 spiro atoms. The van der Waals surface area contributed by atoms with Crippen molar-refractivity contribution in [3.8, 4) is 0 Å². The molecule has 0 aliphatic heterocycles. The number of hydrogen-bond donors (Lipinski definition) is 0. The van der Waals surface area contributed by atoms with Crippen molar-refractivity contribution in [1.29, 1.82) is 0 Å². The monoisotopic (exact) mass is 264 g/mol. The van der Waals surface area contributed by atoms with E-state index in [-0.39, 0.29) is 22.0 Å². The van der Waals surface area contributed by atoms with Crippen LogP contribution in [0.2, 0.25) is 10.0 Å². The fourth-order valence-electron chi connectivity index (χ4n) is 0.910. The van der Waals surface area contributed by atoms with Crippen molar-refractivity contribution in [2.45, 2.75) is 13.3 Å². The van der Waals surface area contributed by atoms with E-state index in [2.05, 4.69) is 4.74 Å².